The van der Waals surface area contributed by atoms with Gasteiger partial charge in [0.2, 0.25) is 0 Å². The summed E-state index contributed by atoms with van der Waals surface area (Å²) >= 11 is 11.4. The van der Waals surface area contributed by atoms with Gasteiger partial charge in [-0.2, -0.15) is 25.3 Å². The molecule has 6 heteroatoms. The van der Waals surface area contributed by atoms with Gasteiger partial charge in [0.05, 0.1) is 0 Å². The molecule has 0 saturated heterocycles. The number of nitrogens with zero attached hydrogens (tertiary/aromatic N) is 2. The fourth-order valence-electron chi connectivity index (χ4n) is 0.373. The van der Waals surface area contributed by atoms with E-state index >= 15 is 0 Å². The molecule has 0 radical (unpaired) electrons. The van der Waals surface area contributed by atoms with E-state index in [0.29, 0.717) is 0 Å². The molecule has 0 aromatic carbocycles. The van der Waals surface area contributed by atoms with E-state index in [1.807, 2.05) is 6.92 Å². The van der Waals surface area contributed by atoms with Crippen molar-refractivity contribution in [3.05, 3.63) is 5.51 Å². The summed E-state index contributed by atoms with van der Waals surface area (Å²) in [4.78, 5) is 0. The highest BCUT2D eigenvalue weighted by atomic mass is 32.2. The summed E-state index contributed by atoms with van der Waals surface area (Å²) in [5.41, 5.74) is 1.69. The molecule has 1 heterocycles. The highest BCUT2D eigenvalue weighted by molar-refractivity contribution is 8.24. The van der Waals surface area contributed by atoms with Crippen LogP contribution in [0.1, 0.15) is 6.92 Å². The lowest BCUT2D eigenvalue weighted by molar-refractivity contribution is 1.01. The summed E-state index contributed by atoms with van der Waals surface area (Å²) in [6, 6.07) is 0. The van der Waals surface area contributed by atoms with Crippen LogP contribution < -0.4 is 0 Å². The molecule has 0 amide bonds. The molecule has 0 aliphatic heterocycles. The lowest BCUT2D eigenvalue weighted by Gasteiger charge is -2.11. The van der Waals surface area contributed by atoms with Crippen molar-refractivity contribution in [3.63, 3.8) is 0 Å². The Morgan fingerprint density at radius 2 is 2.40 bits per heavy atom. The van der Waals surface area contributed by atoms with Crippen LogP contribution in [-0.2, 0) is 0 Å². The van der Waals surface area contributed by atoms with Gasteiger partial charge in [-0.3, -0.25) is 0 Å². The van der Waals surface area contributed by atoms with Gasteiger partial charge >= 0.3 is 0 Å². The number of hydrogen-bond acceptors (Lipinski definition) is 6. The van der Waals surface area contributed by atoms with Gasteiger partial charge in [0.15, 0.2) is 4.34 Å². The zero-order valence-electron chi connectivity index (χ0n) is 5.18. The van der Waals surface area contributed by atoms with Crippen LogP contribution in [0.3, 0.4) is 0 Å². The monoisotopic (exact) mass is 210 g/mol. The summed E-state index contributed by atoms with van der Waals surface area (Å²) < 4.78 is 0.534. The standard InChI is InChI=1S/C4H6N2S4/c1-4(7,8)10-3-6-5-2-9-3/h2,7-8H,1H3. The predicted octanol–water partition coefficient (Wildman–Crippen LogP) is 2.16. The zero-order valence-corrected chi connectivity index (χ0v) is 8.60. The van der Waals surface area contributed by atoms with Crippen molar-refractivity contribution >= 4 is 48.4 Å². The van der Waals surface area contributed by atoms with Crippen LogP contribution >= 0.6 is 48.4 Å². The van der Waals surface area contributed by atoms with Crippen LogP contribution in [0.25, 0.3) is 0 Å². The van der Waals surface area contributed by atoms with E-state index < -0.39 is 0 Å². The number of thioether (sulfide) groups is 1. The molecule has 0 aliphatic carbocycles. The smallest absolute Gasteiger partial charge is 0.151 e. The van der Waals surface area contributed by atoms with Crippen molar-refractivity contribution in [2.75, 3.05) is 0 Å². The van der Waals surface area contributed by atoms with E-state index in [9.17, 15) is 0 Å². The predicted molar refractivity (Wildman–Crippen MR) is 52.1 cm³/mol. The number of aromatic nitrogens is 2. The molecule has 10 heavy (non-hydrogen) atoms. The Morgan fingerprint density at radius 1 is 1.70 bits per heavy atom. The topological polar surface area (TPSA) is 25.8 Å². The van der Waals surface area contributed by atoms with Gasteiger partial charge in [-0.25, -0.2) is 0 Å². The molecule has 0 saturated carbocycles. The number of thiol groups is 2. The van der Waals surface area contributed by atoms with Crippen LogP contribution in [0.15, 0.2) is 9.85 Å². The summed E-state index contributed by atoms with van der Waals surface area (Å²) in [7, 11) is 0. The Hall–Kier alpha value is 0.610. The third-order valence-electron chi connectivity index (χ3n) is 0.621. The molecule has 1 rings (SSSR count). The highest BCUT2D eigenvalue weighted by Gasteiger charge is 2.15. The Labute approximate surface area is 78.6 Å². The minimum absolute atomic E-state index is 0.362. The van der Waals surface area contributed by atoms with E-state index in [0.717, 1.165) is 4.34 Å². The molecule has 1 aromatic heterocycles. The first-order valence-electron chi connectivity index (χ1n) is 2.48. The SMILES string of the molecule is CC(S)(S)Sc1nncs1. The van der Waals surface area contributed by atoms with Crippen molar-refractivity contribution in [3.8, 4) is 0 Å². The molecule has 0 fully saturated rings. The fraction of sp³-hybridized carbons (Fsp3) is 0.500. The molecule has 0 atom stereocenters. The molecular formula is C4H6N2S4. The first kappa shape index (κ1) is 8.70. The summed E-state index contributed by atoms with van der Waals surface area (Å²) in [5, 5.41) is 7.52. The average Bonchev–Trinajstić information content (AvgIpc) is 2.12. The summed E-state index contributed by atoms with van der Waals surface area (Å²) in [6.45, 7) is 1.89. The lowest BCUT2D eigenvalue weighted by atomic mass is 10.9. The van der Waals surface area contributed by atoms with Crippen LogP contribution in [0.5, 0.6) is 0 Å². The minimum atomic E-state index is -0.362. The van der Waals surface area contributed by atoms with E-state index in [-0.39, 0.29) is 3.41 Å². The molecule has 2 nitrogen and oxygen atoms in total. The first-order chi connectivity index (χ1) is 4.58. The molecule has 56 valence electrons. The van der Waals surface area contributed by atoms with Gasteiger partial charge in [0, 0.05) is 0 Å². The Morgan fingerprint density at radius 3 is 2.80 bits per heavy atom. The van der Waals surface area contributed by atoms with Crippen LogP contribution in [-0.4, -0.2) is 13.6 Å². The van der Waals surface area contributed by atoms with E-state index in [1.54, 1.807) is 5.51 Å². The van der Waals surface area contributed by atoms with Crippen molar-refractivity contribution < 1.29 is 0 Å². The molecule has 0 unspecified atom stereocenters. The lowest BCUT2D eigenvalue weighted by Crippen LogP contribution is -1.97. The van der Waals surface area contributed by atoms with Crippen LogP contribution in [0.2, 0.25) is 0 Å². The average molecular weight is 210 g/mol. The fourth-order valence-corrected chi connectivity index (χ4v) is 2.78. The van der Waals surface area contributed by atoms with Gasteiger partial charge < -0.3 is 0 Å². The minimum Gasteiger partial charge on any atom is -0.151 e. The highest BCUT2D eigenvalue weighted by Crippen LogP contribution is 2.38. The Kier molecular flexibility index (Phi) is 2.91. The Bertz CT molecular complexity index is 190. The van der Waals surface area contributed by atoms with Gasteiger partial charge in [-0.15, -0.1) is 10.2 Å². The van der Waals surface area contributed by atoms with E-state index in [1.165, 1.54) is 23.1 Å². The summed E-state index contributed by atoms with van der Waals surface area (Å²) in [5.74, 6) is 0. The molecule has 0 spiro atoms. The number of rotatable bonds is 2. The molecule has 0 aliphatic rings. The maximum atomic E-state index is 4.21. The number of hydrogen-bond donors (Lipinski definition) is 2. The zero-order chi connectivity index (χ0) is 7.61. The van der Waals surface area contributed by atoms with Crippen molar-refractivity contribution in [2.45, 2.75) is 14.7 Å². The third kappa shape index (κ3) is 3.14. The van der Waals surface area contributed by atoms with Gasteiger partial charge in [0.1, 0.15) is 8.92 Å². The van der Waals surface area contributed by atoms with Crippen LogP contribution in [0, 0.1) is 0 Å². The first-order valence-corrected chi connectivity index (χ1v) is 5.07. The van der Waals surface area contributed by atoms with Gasteiger partial charge in [-0.1, -0.05) is 23.1 Å². The van der Waals surface area contributed by atoms with Gasteiger partial charge in [0.25, 0.3) is 0 Å². The second kappa shape index (κ2) is 3.34. The van der Waals surface area contributed by atoms with Gasteiger partial charge in [-0.05, 0) is 6.92 Å². The van der Waals surface area contributed by atoms with Crippen molar-refractivity contribution in [2.24, 2.45) is 0 Å². The quantitative estimate of drug-likeness (QED) is 0.445. The largest absolute Gasteiger partial charge is 0.176 e. The second-order valence-corrected chi connectivity index (χ2v) is 6.99. The maximum absolute atomic E-state index is 4.21. The van der Waals surface area contributed by atoms with E-state index in [2.05, 4.69) is 35.5 Å². The molecular weight excluding hydrogens is 204 g/mol. The van der Waals surface area contributed by atoms with Crippen molar-refractivity contribution in [1.29, 1.82) is 0 Å². The Balaban J connectivity index is 2.57. The van der Waals surface area contributed by atoms with Crippen molar-refractivity contribution in [1.82, 2.24) is 10.2 Å². The molecule has 0 N–H and O–H groups in total. The maximum Gasteiger partial charge on any atom is 0.176 e. The van der Waals surface area contributed by atoms with Crippen LogP contribution in [0.4, 0.5) is 0 Å². The molecule has 1 aromatic rings. The third-order valence-corrected chi connectivity index (χ3v) is 2.83. The second-order valence-electron chi connectivity index (χ2n) is 1.74. The summed E-state index contributed by atoms with van der Waals surface area (Å²) in [6.07, 6.45) is 0. The van der Waals surface area contributed by atoms with E-state index in [4.69, 9.17) is 0 Å². The molecule has 0 bridgehead atoms. The normalized spacial score (nSPS) is 11.9.